The summed E-state index contributed by atoms with van der Waals surface area (Å²) in [6.45, 7) is 2.70. The highest BCUT2D eigenvalue weighted by Gasteiger charge is 2.39. The molecular weight excluding hydrogens is 318 g/mol. The Hall–Kier alpha value is -2.31. The maximum Gasteiger partial charge on any atom is 0.329 e. The highest BCUT2D eigenvalue weighted by molar-refractivity contribution is 5.79. The fourth-order valence-electron chi connectivity index (χ4n) is 2.78. The first-order chi connectivity index (χ1) is 11.3. The van der Waals surface area contributed by atoms with Crippen LogP contribution < -0.4 is 5.56 Å². The van der Waals surface area contributed by atoms with E-state index in [1.165, 1.54) is 22.9 Å². The number of carbonyl (C=O) groups excluding carboxylic acids is 1. The van der Waals surface area contributed by atoms with Crippen LogP contribution in [-0.2, 0) is 15.5 Å². The Morgan fingerprint density at radius 1 is 1.42 bits per heavy atom. The minimum absolute atomic E-state index is 0.0754. The largest absolute Gasteiger partial charge is 0.464 e. The lowest BCUT2D eigenvalue weighted by atomic mass is 10.1. The molecule has 0 spiro atoms. The van der Waals surface area contributed by atoms with Crippen molar-refractivity contribution in [3.63, 3.8) is 0 Å². The molecule has 1 unspecified atom stereocenters. The highest BCUT2D eigenvalue weighted by atomic mass is 19.3. The summed E-state index contributed by atoms with van der Waals surface area (Å²) in [7, 11) is 0. The summed E-state index contributed by atoms with van der Waals surface area (Å²) in [5.74, 6) is -3.44. The number of alkyl halides is 2. The molecule has 2 aromatic heterocycles. The van der Waals surface area contributed by atoms with E-state index in [9.17, 15) is 18.4 Å². The van der Waals surface area contributed by atoms with Crippen molar-refractivity contribution in [1.29, 1.82) is 0 Å². The Balaban J connectivity index is 2.08. The van der Waals surface area contributed by atoms with E-state index in [0.29, 0.717) is 0 Å². The van der Waals surface area contributed by atoms with Gasteiger partial charge in [0.1, 0.15) is 11.7 Å². The zero-order chi connectivity index (χ0) is 17.5. The average Bonchev–Trinajstić information content (AvgIpc) is 3.34. The molecule has 1 aliphatic rings. The molecule has 24 heavy (non-hydrogen) atoms. The molecule has 0 aliphatic heterocycles. The lowest BCUT2D eigenvalue weighted by Crippen LogP contribution is -2.32. The van der Waals surface area contributed by atoms with Gasteiger partial charge in [0.2, 0.25) is 0 Å². The highest BCUT2D eigenvalue weighted by Crippen LogP contribution is 2.40. The SMILES string of the molecule is CCOC(=O)C(C1CC1)n1ccc2nc(C(C)(F)F)ccc2c1=O. The van der Waals surface area contributed by atoms with Crippen molar-refractivity contribution in [3.8, 4) is 0 Å². The Labute approximate surface area is 137 Å². The first kappa shape index (κ1) is 16.5. The molecule has 1 atom stereocenters. The van der Waals surface area contributed by atoms with Gasteiger partial charge in [0, 0.05) is 13.1 Å². The Morgan fingerprint density at radius 2 is 2.12 bits per heavy atom. The molecule has 0 amide bonds. The van der Waals surface area contributed by atoms with Gasteiger partial charge in [0.25, 0.3) is 11.5 Å². The van der Waals surface area contributed by atoms with Gasteiger partial charge in [-0.05, 0) is 43.9 Å². The molecule has 128 valence electrons. The number of fused-ring (bicyclic) bond motifs is 1. The monoisotopic (exact) mass is 336 g/mol. The maximum absolute atomic E-state index is 13.4. The van der Waals surface area contributed by atoms with E-state index in [1.807, 2.05) is 0 Å². The first-order valence-electron chi connectivity index (χ1n) is 7.89. The predicted octanol–water partition coefficient (Wildman–Crippen LogP) is 3.02. The lowest BCUT2D eigenvalue weighted by molar-refractivity contribution is -0.148. The molecule has 1 aliphatic carbocycles. The van der Waals surface area contributed by atoms with Gasteiger partial charge in [-0.15, -0.1) is 0 Å². The average molecular weight is 336 g/mol. The van der Waals surface area contributed by atoms with E-state index < -0.39 is 29.2 Å². The normalized spacial score (nSPS) is 16.2. The van der Waals surface area contributed by atoms with Crippen LogP contribution in [0, 0.1) is 5.92 Å². The van der Waals surface area contributed by atoms with Gasteiger partial charge in [0.05, 0.1) is 17.5 Å². The van der Waals surface area contributed by atoms with Crippen molar-refractivity contribution in [2.24, 2.45) is 5.92 Å². The van der Waals surface area contributed by atoms with Crippen LogP contribution in [0.3, 0.4) is 0 Å². The van der Waals surface area contributed by atoms with Crippen molar-refractivity contribution in [1.82, 2.24) is 9.55 Å². The second-order valence-corrected chi connectivity index (χ2v) is 6.08. The van der Waals surface area contributed by atoms with Crippen LogP contribution in [0.2, 0.25) is 0 Å². The molecule has 2 heterocycles. The second kappa shape index (κ2) is 5.96. The Bertz CT molecular complexity index is 838. The van der Waals surface area contributed by atoms with E-state index in [4.69, 9.17) is 4.74 Å². The van der Waals surface area contributed by atoms with Crippen molar-refractivity contribution in [3.05, 3.63) is 40.4 Å². The summed E-state index contributed by atoms with van der Waals surface area (Å²) >= 11 is 0. The number of hydrogen-bond acceptors (Lipinski definition) is 4. The third-order valence-electron chi connectivity index (χ3n) is 4.13. The van der Waals surface area contributed by atoms with Crippen molar-refractivity contribution >= 4 is 16.9 Å². The van der Waals surface area contributed by atoms with Gasteiger partial charge < -0.3 is 9.30 Å². The van der Waals surface area contributed by atoms with Crippen LogP contribution in [0.25, 0.3) is 10.9 Å². The number of esters is 1. The smallest absolute Gasteiger partial charge is 0.329 e. The Kier molecular flexibility index (Phi) is 4.11. The number of nitrogens with zero attached hydrogens (tertiary/aromatic N) is 2. The third-order valence-corrected chi connectivity index (χ3v) is 4.13. The molecule has 5 nitrogen and oxygen atoms in total. The van der Waals surface area contributed by atoms with Crippen LogP contribution >= 0.6 is 0 Å². The van der Waals surface area contributed by atoms with Crippen LogP contribution in [0.1, 0.15) is 38.4 Å². The summed E-state index contributed by atoms with van der Waals surface area (Å²) in [4.78, 5) is 28.8. The standard InChI is InChI=1S/C17H18F2N2O3/c1-3-24-16(23)14(10-4-5-10)21-9-8-12-11(15(21)22)6-7-13(20-12)17(2,18)19/h6-10,14H,3-5H2,1-2H3. The van der Waals surface area contributed by atoms with Gasteiger partial charge >= 0.3 is 5.97 Å². The summed E-state index contributed by atoms with van der Waals surface area (Å²) in [5, 5.41) is 0.209. The number of halogens is 2. The van der Waals surface area contributed by atoms with E-state index in [0.717, 1.165) is 25.8 Å². The molecule has 0 aromatic carbocycles. The van der Waals surface area contributed by atoms with Crippen LogP contribution in [-0.4, -0.2) is 22.1 Å². The summed E-state index contributed by atoms with van der Waals surface area (Å²) in [5.41, 5.74) is -0.624. The number of carbonyl (C=O) groups is 1. The minimum Gasteiger partial charge on any atom is -0.464 e. The molecular formula is C17H18F2N2O3. The third kappa shape index (κ3) is 3.02. The van der Waals surface area contributed by atoms with Gasteiger partial charge in [-0.3, -0.25) is 4.79 Å². The molecule has 0 radical (unpaired) electrons. The van der Waals surface area contributed by atoms with Gasteiger partial charge in [-0.25, -0.2) is 9.78 Å². The quantitative estimate of drug-likeness (QED) is 0.788. The number of hydrogen-bond donors (Lipinski definition) is 0. The van der Waals surface area contributed by atoms with E-state index in [-0.39, 0.29) is 23.4 Å². The summed E-state index contributed by atoms with van der Waals surface area (Å²) in [6, 6.07) is 3.29. The van der Waals surface area contributed by atoms with E-state index in [2.05, 4.69) is 4.98 Å². The van der Waals surface area contributed by atoms with Crippen LogP contribution in [0.5, 0.6) is 0 Å². The van der Waals surface area contributed by atoms with Gasteiger partial charge in [-0.2, -0.15) is 8.78 Å². The van der Waals surface area contributed by atoms with Crippen LogP contribution in [0.15, 0.2) is 29.2 Å². The van der Waals surface area contributed by atoms with Crippen molar-refractivity contribution < 1.29 is 18.3 Å². The minimum atomic E-state index is -3.08. The molecule has 0 bridgehead atoms. The second-order valence-electron chi connectivity index (χ2n) is 6.08. The molecule has 3 rings (SSSR count). The van der Waals surface area contributed by atoms with E-state index in [1.54, 1.807) is 6.92 Å². The number of pyridine rings is 2. The molecule has 0 saturated heterocycles. The molecule has 1 fully saturated rings. The zero-order valence-corrected chi connectivity index (χ0v) is 13.5. The van der Waals surface area contributed by atoms with Crippen LogP contribution in [0.4, 0.5) is 8.78 Å². The fraction of sp³-hybridized carbons (Fsp3) is 0.471. The van der Waals surface area contributed by atoms with Gasteiger partial charge in [-0.1, -0.05) is 0 Å². The lowest BCUT2D eigenvalue weighted by Gasteiger charge is -2.18. The first-order valence-corrected chi connectivity index (χ1v) is 7.89. The van der Waals surface area contributed by atoms with Crippen molar-refractivity contribution in [2.45, 2.75) is 38.7 Å². The zero-order valence-electron chi connectivity index (χ0n) is 13.5. The fourth-order valence-corrected chi connectivity index (χ4v) is 2.78. The maximum atomic E-state index is 13.4. The predicted molar refractivity (Wildman–Crippen MR) is 84.0 cm³/mol. The van der Waals surface area contributed by atoms with E-state index >= 15 is 0 Å². The summed E-state index contributed by atoms with van der Waals surface area (Å²) < 4.78 is 33.2. The number of aromatic nitrogens is 2. The number of ether oxygens (including phenoxy) is 1. The van der Waals surface area contributed by atoms with Crippen molar-refractivity contribution in [2.75, 3.05) is 6.61 Å². The molecule has 7 heteroatoms. The van der Waals surface area contributed by atoms with Gasteiger partial charge in [0.15, 0.2) is 0 Å². The number of rotatable bonds is 5. The summed E-state index contributed by atoms with van der Waals surface area (Å²) in [6.07, 6.45) is 3.15. The molecule has 0 N–H and O–H groups in total. The Morgan fingerprint density at radius 3 is 2.71 bits per heavy atom. The molecule has 2 aromatic rings. The molecule has 1 saturated carbocycles. The topological polar surface area (TPSA) is 61.2 Å².